The second-order valence-electron chi connectivity index (χ2n) is 7.36. The first kappa shape index (κ1) is 18.2. The average Bonchev–Trinajstić information content (AvgIpc) is 2.60. The summed E-state index contributed by atoms with van der Waals surface area (Å²) in [5.41, 5.74) is 4.19. The number of hydrogen-bond donors (Lipinski definition) is 2. The summed E-state index contributed by atoms with van der Waals surface area (Å²) in [4.78, 5) is 25.2. The van der Waals surface area contributed by atoms with Gasteiger partial charge in [0.1, 0.15) is 6.04 Å². The Morgan fingerprint density at radius 2 is 1.77 bits per heavy atom. The van der Waals surface area contributed by atoms with Crippen molar-refractivity contribution in [1.29, 1.82) is 0 Å². The molecule has 26 heavy (non-hydrogen) atoms. The molecular formula is C22H26N2O2. The highest BCUT2D eigenvalue weighted by atomic mass is 16.2. The van der Waals surface area contributed by atoms with Gasteiger partial charge in [0.15, 0.2) is 0 Å². The van der Waals surface area contributed by atoms with E-state index < -0.39 is 6.04 Å². The molecule has 2 atom stereocenters. The van der Waals surface area contributed by atoms with Gasteiger partial charge in [0.2, 0.25) is 5.91 Å². The van der Waals surface area contributed by atoms with Gasteiger partial charge in [0, 0.05) is 18.0 Å². The summed E-state index contributed by atoms with van der Waals surface area (Å²) in [5, 5.41) is 5.93. The molecule has 1 aliphatic carbocycles. The van der Waals surface area contributed by atoms with Gasteiger partial charge >= 0.3 is 0 Å². The van der Waals surface area contributed by atoms with Gasteiger partial charge in [-0.3, -0.25) is 9.59 Å². The third kappa shape index (κ3) is 3.79. The Labute approximate surface area is 155 Å². The van der Waals surface area contributed by atoms with Gasteiger partial charge in [-0.15, -0.1) is 0 Å². The van der Waals surface area contributed by atoms with E-state index in [1.165, 1.54) is 11.1 Å². The summed E-state index contributed by atoms with van der Waals surface area (Å²) in [5.74, 6) is 0.0592. The zero-order valence-electron chi connectivity index (χ0n) is 15.6. The fourth-order valence-corrected chi connectivity index (χ4v) is 3.46. The van der Waals surface area contributed by atoms with E-state index in [2.05, 4.69) is 22.8 Å². The maximum atomic E-state index is 12.7. The third-order valence-electron chi connectivity index (χ3n) is 5.11. The molecule has 2 N–H and O–H groups in total. The highest BCUT2D eigenvalue weighted by molar-refractivity contribution is 5.98. The quantitative estimate of drug-likeness (QED) is 0.840. The molecule has 1 aliphatic rings. The smallest absolute Gasteiger partial charge is 0.252 e. The number of carbonyl (C=O) groups is 2. The minimum atomic E-state index is -0.544. The Morgan fingerprint density at radius 1 is 1.08 bits per heavy atom. The zero-order chi connectivity index (χ0) is 18.7. The van der Waals surface area contributed by atoms with Gasteiger partial charge in [-0.25, -0.2) is 0 Å². The van der Waals surface area contributed by atoms with E-state index in [0.717, 1.165) is 12.0 Å². The molecule has 3 rings (SSSR count). The van der Waals surface area contributed by atoms with Crippen molar-refractivity contribution in [3.8, 4) is 0 Å². The topological polar surface area (TPSA) is 58.2 Å². The monoisotopic (exact) mass is 350 g/mol. The van der Waals surface area contributed by atoms with Crippen LogP contribution in [0.1, 0.15) is 46.8 Å². The van der Waals surface area contributed by atoms with Gasteiger partial charge in [-0.2, -0.15) is 0 Å². The Kier molecular flexibility index (Phi) is 5.40. The molecule has 0 bridgehead atoms. The third-order valence-corrected chi connectivity index (χ3v) is 5.11. The van der Waals surface area contributed by atoms with Crippen LogP contribution in [-0.2, 0) is 11.2 Å². The van der Waals surface area contributed by atoms with Crippen LogP contribution in [0.25, 0.3) is 0 Å². The Bertz CT molecular complexity index is 813. The van der Waals surface area contributed by atoms with Crippen LogP contribution >= 0.6 is 0 Å². The molecule has 0 heterocycles. The lowest BCUT2D eigenvalue weighted by molar-refractivity contribution is -0.124. The highest BCUT2D eigenvalue weighted by Crippen LogP contribution is 2.34. The molecule has 136 valence electrons. The minimum Gasteiger partial charge on any atom is -0.354 e. The number of benzene rings is 2. The van der Waals surface area contributed by atoms with Crippen molar-refractivity contribution < 1.29 is 9.59 Å². The molecular weight excluding hydrogens is 324 g/mol. The lowest BCUT2D eigenvalue weighted by Crippen LogP contribution is -2.50. The Balaban J connectivity index is 1.60. The second-order valence-corrected chi connectivity index (χ2v) is 7.36. The first-order valence-corrected chi connectivity index (χ1v) is 9.19. The molecule has 0 aliphatic heterocycles. The molecule has 0 spiro atoms. The van der Waals surface area contributed by atoms with Gasteiger partial charge in [0.05, 0.1) is 0 Å². The lowest BCUT2D eigenvalue weighted by Gasteiger charge is -2.31. The molecule has 0 saturated carbocycles. The number of rotatable bonds is 6. The van der Waals surface area contributed by atoms with Crippen molar-refractivity contribution in [2.45, 2.75) is 39.2 Å². The number of carbonyl (C=O) groups excluding carboxylic acids is 2. The van der Waals surface area contributed by atoms with Crippen molar-refractivity contribution in [3.05, 3.63) is 70.8 Å². The van der Waals surface area contributed by atoms with Crippen molar-refractivity contribution in [2.24, 2.45) is 5.92 Å². The van der Waals surface area contributed by atoms with Gasteiger partial charge in [0.25, 0.3) is 5.91 Å². The van der Waals surface area contributed by atoms with Crippen LogP contribution in [0, 0.1) is 12.8 Å². The minimum absolute atomic E-state index is 0.0108. The van der Waals surface area contributed by atoms with Crippen LogP contribution in [0.2, 0.25) is 0 Å². The van der Waals surface area contributed by atoms with Crippen LogP contribution in [-0.4, -0.2) is 24.4 Å². The van der Waals surface area contributed by atoms with E-state index in [9.17, 15) is 9.59 Å². The number of nitrogens with one attached hydrogen (secondary N) is 2. The number of aryl methyl sites for hydroxylation is 1. The van der Waals surface area contributed by atoms with Crippen molar-refractivity contribution in [3.63, 3.8) is 0 Å². The van der Waals surface area contributed by atoms with Gasteiger partial charge in [-0.05, 0) is 42.0 Å². The van der Waals surface area contributed by atoms with E-state index >= 15 is 0 Å². The van der Waals surface area contributed by atoms with Crippen LogP contribution in [0.15, 0.2) is 48.5 Å². The summed E-state index contributed by atoms with van der Waals surface area (Å²) >= 11 is 0. The van der Waals surface area contributed by atoms with Crippen LogP contribution < -0.4 is 10.6 Å². The highest BCUT2D eigenvalue weighted by Gasteiger charge is 2.29. The average molecular weight is 350 g/mol. The second kappa shape index (κ2) is 7.73. The largest absolute Gasteiger partial charge is 0.354 e. The summed E-state index contributed by atoms with van der Waals surface area (Å²) in [7, 11) is 0. The lowest BCUT2D eigenvalue weighted by atomic mass is 9.77. The molecule has 0 radical (unpaired) electrons. The molecule has 0 fully saturated rings. The molecule has 2 aromatic rings. The maximum Gasteiger partial charge on any atom is 0.252 e. The zero-order valence-corrected chi connectivity index (χ0v) is 15.6. The number of fused-ring (bicyclic) bond motifs is 1. The van der Waals surface area contributed by atoms with E-state index in [-0.39, 0.29) is 17.7 Å². The predicted molar refractivity (Wildman–Crippen MR) is 103 cm³/mol. The summed E-state index contributed by atoms with van der Waals surface area (Å²) < 4.78 is 0. The van der Waals surface area contributed by atoms with E-state index in [1.54, 1.807) is 6.07 Å². The molecule has 0 saturated heterocycles. The molecule has 0 aromatic heterocycles. The van der Waals surface area contributed by atoms with E-state index in [0.29, 0.717) is 18.0 Å². The van der Waals surface area contributed by atoms with Crippen molar-refractivity contribution in [1.82, 2.24) is 10.6 Å². The molecule has 2 amide bonds. The first-order valence-electron chi connectivity index (χ1n) is 9.19. The standard InChI is InChI=1S/C22H26N2O2/c1-14(2)20(24-21(25)18-10-6-4-8-15(18)3)22(26)23-13-17-12-16-9-5-7-11-19(16)17/h4-11,14,17,20H,12-13H2,1-3H3,(H,23,26)(H,24,25)/t17-,20-/m1/s1. The van der Waals surface area contributed by atoms with Crippen molar-refractivity contribution >= 4 is 11.8 Å². The molecule has 2 aromatic carbocycles. The summed E-state index contributed by atoms with van der Waals surface area (Å²) in [6.07, 6.45) is 0.998. The van der Waals surface area contributed by atoms with Crippen LogP contribution in [0.4, 0.5) is 0 Å². The summed E-state index contributed by atoms with van der Waals surface area (Å²) in [6.45, 7) is 6.40. The molecule has 0 unspecified atom stereocenters. The molecule has 4 nitrogen and oxygen atoms in total. The SMILES string of the molecule is Cc1ccccc1C(=O)N[C@@H](C(=O)NC[C@H]1Cc2ccccc21)C(C)C. The van der Waals surface area contributed by atoms with Crippen molar-refractivity contribution in [2.75, 3.05) is 6.54 Å². The number of hydrogen-bond acceptors (Lipinski definition) is 2. The van der Waals surface area contributed by atoms with Crippen LogP contribution in [0.5, 0.6) is 0 Å². The normalized spacial score (nSPS) is 16.4. The Morgan fingerprint density at radius 3 is 2.46 bits per heavy atom. The maximum absolute atomic E-state index is 12.7. The fraction of sp³-hybridized carbons (Fsp3) is 0.364. The van der Waals surface area contributed by atoms with Gasteiger partial charge in [-0.1, -0.05) is 56.3 Å². The van der Waals surface area contributed by atoms with E-state index in [1.807, 2.05) is 51.1 Å². The number of amides is 2. The summed E-state index contributed by atoms with van der Waals surface area (Å²) in [6, 6.07) is 15.2. The van der Waals surface area contributed by atoms with Gasteiger partial charge < -0.3 is 10.6 Å². The fourth-order valence-electron chi connectivity index (χ4n) is 3.46. The molecule has 4 heteroatoms. The van der Waals surface area contributed by atoms with Crippen LogP contribution in [0.3, 0.4) is 0 Å². The predicted octanol–water partition coefficient (Wildman–Crippen LogP) is 3.21. The Hall–Kier alpha value is -2.62. The van der Waals surface area contributed by atoms with E-state index in [4.69, 9.17) is 0 Å². The first-order chi connectivity index (χ1) is 12.5.